The maximum atomic E-state index is 13.4. The molecule has 1 amide bonds. The normalized spacial score (nSPS) is 11.2. The maximum Gasteiger partial charge on any atom is 0.337 e. The van der Waals surface area contributed by atoms with E-state index in [1.54, 1.807) is 24.3 Å². The highest BCUT2D eigenvalue weighted by atomic mass is 35.5. The van der Waals surface area contributed by atoms with Crippen LogP contribution in [0, 0.1) is 0 Å². The third kappa shape index (κ3) is 7.30. The number of hydrogen-bond donors (Lipinski definition) is 1. The molecule has 0 saturated heterocycles. The number of hydrogen-bond acceptors (Lipinski definition) is 7. The first-order valence-electron chi connectivity index (χ1n) is 10.6. The molecule has 0 aliphatic carbocycles. The number of methoxy groups -OCH3 is 2. The van der Waals surface area contributed by atoms with Crippen molar-refractivity contribution in [3.8, 4) is 0 Å². The summed E-state index contributed by atoms with van der Waals surface area (Å²) in [7, 11) is -1.80. The third-order valence-corrected chi connectivity index (χ3v) is 7.41. The molecule has 0 bridgehead atoms. The van der Waals surface area contributed by atoms with Gasteiger partial charge in [-0.1, -0.05) is 35.3 Å². The lowest BCUT2D eigenvalue weighted by Crippen LogP contribution is -2.37. The van der Waals surface area contributed by atoms with E-state index in [-0.39, 0.29) is 28.3 Å². The predicted octanol–water partition coefficient (Wildman–Crippen LogP) is 4.40. The molecule has 0 aromatic heterocycles. The minimum Gasteiger partial charge on any atom is -0.465 e. The molecule has 0 aliphatic heterocycles. The van der Waals surface area contributed by atoms with E-state index >= 15 is 0 Å². The highest BCUT2D eigenvalue weighted by Crippen LogP contribution is 2.22. The van der Waals surface area contributed by atoms with Gasteiger partial charge in [0.25, 0.3) is 0 Å². The lowest BCUT2D eigenvalue weighted by Gasteiger charge is -2.22. The van der Waals surface area contributed by atoms with Gasteiger partial charge in [0.2, 0.25) is 15.9 Å². The van der Waals surface area contributed by atoms with Crippen LogP contribution in [0.4, 0.5) is 5.69 Å². The van der Waals surface area contributed by atoms with Crippen LogP contribution in [-0.4, -0.2) is 51.3 Å². The summed E-state index contributed by atoms with van der Waals surface area (Å²) in [6.07, 6.45) is 0. The summed E-state index contributed by atoms with van der Waals surface area (Å²) in [5.74, 6) is -2.20. The minimum atomic E-state index is -4.13. The summed E-state index contributed by atoms with van der Waals surface area (Å²) in [6.45, 7) is -0.714. The van der Waals surface area contributed by atoms with E-state index in [4.69, 9.17) is 32.7 Å². The Morgan fingerprint density at radius 3 is 1.78 bits per heavy atom. The van der Waals surface area contributed by atoms with E-state index in [9.17, 15) is 22.8 Å². The summed E-state index contributed by atoms with van der Waals surface area (Å²) >= 11 is 11.8. The van der Waals surface area contributed by atoms with Gasteiger partial charge in [-0.25, -0.2) is 18.0 Å². The Labute approximate surface area is 223 Å². The molecule has 0 saturated carbocycles. The number of halogens is 2. The molecule has 0 fully saturated rings. The number of anilines is 1. The molecule has 3 rings (SSSR count). The van der Waals surface area contributed by atoms with Crippen molar-refractivity contribution in [1.29, 1.82) is 0 Å². The monoisotopic (exact) mass is 564 g/mol. The van der Waals surface area contributed by atoms with Gasteiger partial charge in [-0.2, -0.15) is 4.31 Å². The molecule has 0 aliphatic rings. The van der Waals surface area contributed by atoms with Gasteiger partial charge < -0.3 is 14.8 Å². The van der Waals surface area contributed by atoms with E-state index in [1.807, 2.05) is 0 Å². The van der Waals surface area contributed by atoms with Crippen LogP contribution < -0.4 is 5.32 Å². The molecule has 3 aromatic rings. The van der Waals surface area contributed by atoms with Crippen LogP contribution in [0.2, 0.25) is 10.0 Å². The van der Waals surface area contributed by atoms with Crippen LogP contribution in [0.3, 0.4) is 0 Å². The second-order valence-electron chi connectivity index (χ2n) is 7.68. The summed E-state index contributed by atoms with van der Waals surface area (Å²) in [6, 6.07) is 15.9. The van der Waals surface area contributed by atoms with Gasteiger partial charge in [0.05, 0.1) is 36.8 Å². The number of ether oxygens (including phenoxy) is 2. The Hall–Kier alpha value is -3.44. The topological polar surface area (TPSA) is 119 Å². The van der Waals surface area contributed by atoms with Gasteiger partial charge in [0, 0.05) is 22.3 Å². The van der Waals surface area contributed by atoms with E-state index in [0.29, 0.717) is 15.6 Å². The molecule has 12 heteroatoms. The van der Waals surface area contributed by atoms with Gasteiger partial charge in [-0.15, -0.1) is 0 Å². The second-order valence-corrected chi connectivity index (χ2v) is 10.5. The van der Waals surface area contributed by atoms with Crippen molar-refractivity contribution in [2.45, 2.75) is 11.4 Å². The molecule has 194 valence electrons. The number of esters is 2. The van der Waals surface area contributed by atoms with Crippen molar-refractivity contribution in [3.05, 3.63) is 93.5 Å². The number of sulfonamides is 1. The van der Waals surface area contributed by atoms with Crippen LogP contribution in [0.25, 0.3) is 0 Å². The van der Waals surface area contributed by atoms with Gasteiger partial charge in [0.15, 0.2) is 0 Å². The molecule has 0 unspecified atom stereocenters. The molecule has 9 nitrogen and oxygen atoms in total. The maximum absolute atomic E-state index is 13.4. The van der Waals surface area contributed by atoms with Crippen LogP contribution in [0.5, 0.6) is 0 Å². The minimum absolute atomic E-state index is 0.00694. The van der Waals surface area contributed by atoms with Crippen LogP contribution >= 0.6 is 23.2 Å². The zero-order valence-electron chi connectivity index (χ0n) is 19.7. The molecule has 0 heterocycles. The first-order valence-corrected chi connectivity index (χ1v) is 12.8. The van der Waals surface area contributed by atoms with Crippen molar-refractivity contribution in [3.63, 3.8) is 0 Å². The predicted molar refractivity (Wildman–Crippen MR) is 138 cm³/mol. The van der Waals surface area contributed by atoms with Crippen molar-refractivity contribution in [2.24, 2.45) is 0 Å². The quantitative estimate of drug-likeness (QED) is 0.382. The molecule has 0 spiro atoms. The zero-order chi connectivity index (χ0) is 27.2. The molecular weight excluding hydrogens is 543 g/mol. The zero-order valence-corrected chi connectivity index (χ0v) is 22.1. The Morgan fingerprint density at radius 2 is 1.30 bits per heavy atom. The summed E-state index contributed by atoms with van der Waals surface area (Å²) < 4.78 is 37.2. The fourth-order valence-electron chi connectivity index (χ4n) is 3.31. The number of carbonyl (C=O) groups is 3. The molecular formula is C25H22Cl2N2O7S. The molecule has 37 heavy (non-hydrogen) atoms. The standard InChI is InChI=1S/C25H22Cl2N2O7S/c1-35-24(31)17-11-18(25(32)36-2)13-21(12-17)28-23(30)15-29(14-16-3-5-19(26)6-4-16)37(33,34)22-9-7-20(27)8-10-22/h3-13H,14-15H2,1-2H3,(H,28,30). The number of carbonyl (C=O) groups excluding carboxylic acids is 3. The average molecular weight is 565 g/mol. The van der Waals surface area contributed by atoms with Crippen LogP contribution in [0.15, 0.2) is 71.6 Å². The molecule has 1 N–H and O–H groups in total. The number of amides is 1. The third-order valence-electron chi connectivity index (χ3n) is 5.10. The van der Waals surface area contributed by atoms with Gasteiger partial charge in [-0.3, -0.25) is 4.79 Å². The highest BCUT2D eigenvalue weighted by Gasteiger charge is 2.27. The van der Waals surface area contributed by atoms with Gasteiger partial charge in [0.1, 0.15) is 0 Å². The Kier molecular flexibility index (Phi) is 9.28. The first-order chi connectivity index (χ1) is 17.5. The molecule has 0 atom stereocenters. The second kappa shape index (κ2) is 12.2. The van der Waals surface area contributed by atoms with Crippen LogP contribution in [-0.2, 0) is 30.8 Å². The fraction of sp³-hybridized carbons (Fsp3) is 0.160. The summed E-state index contributed by atoms with van der Waals surface area (Å²) in [4.78, 5) is 37.0. The van der Waals surface area contributed by atoms with Crippen molar-refractivity contribution in [1.82, 2.24) is 4.31 Å². The Bertz CT molecular complexity index is 1380. The number of rotatable bonds is 9. The van der Waals surface area contributed by atoms with Gasteiger partial charge >= 0.3 is 11.9 Å². The lowest BCUT2D eigenvalue weighted by molar-refractivity contribution is -0.116. The molecule has 0 radical (unpaired) electrons. The Morgan fingerprint density at radius 1 is 0.811 bits per heavy atom. The van der Waals surface area contributed by atoms with Crippen molar-refractivity contribution < 1.29 is 32.3 Å². The van der Waals surface area contributed by atoms with Gasteiger partial charge in [-0.05, 0) is 60.2 Å². The fourth-order valence-corrected chi connectivity index (χ4v) is 4.94. The smallest absolute Gasteiger partial charge is 0.337 e. The summed E-state index contributed by atoms with van der Waals surface area (Å²) in [5.41, 5.74) is 0.652. The van der Waals surface area contributed by atoms with E-state index in [0.717, 1.165) is 4.31 Å². The SMILES string of the molecule is COC(=O)c1cc(NC(=O)CN(Cc2ccc(Cl)cc2)S(=O)(=O)c2ccc(Cl)cc2)cc(C(=O)OC)c1. The lowest BCUT2D eigenvalue weighted by atomic mass is 10.1. The number of benzene rings is 3. The largest absolute Gasteiger partial charge is 0.465 e. The van der Waals surface area contributed by atoms with Crippen molar-refractivity contribution >= 4 is 56.8 Å². The number of nitrogens with zero attached hydrogens (tertiary/aromatic N) is 1. The number of nitrogens with one attached hydrogen (secondary N) is 1. The van der Waals surface area contributed by atoms with Crippen LogP contribution in [0.1, 0.15) is 26.3 Å². The first kappa shape index (κ1) is 28.1. The van der Waals surface area contributed by atoms with E-state index in [1.165, 1.54) is 56.7 Å². The summed E-state index contributed by atoms with van der Waals surface area (Å²) in [5, 5.41) is 3.36. The molecule has 3 aromatic carbocycles. The van der Waals surface area contributed by atoms with E-state index in [2.05, 4.69) is 5.32 Å². The highest BCUT2D eigenvalue weighted by molar-refractivity contribution is 7.89. The average Bonchev–Trinajstić information content (AvgIpc) is 2.88. The van der Waals surface area contributed by atoms with E-state index < -0.39 is 34.4 Å². The Balaban J connectivity index is 1.92. The van der Waals surface area contributed by atoms with Crippen molar-refractivity contribution in [2.75, 3.05) is 26.1 Å².